The minimum atomic E-state index is -0.193. The second-order valence-corrected chi connectivity index (χ2v) is 4.81. The van der Waals surface area contributed by atoms with E-state index in [0.29, 0.717) is 0 Å². The smallest absolute Gasteiger partial charge is 0.236 e. The molecule has 0 heterocycles. The average Bonchev–Trinajstić information content (AvgIpc) is 2.32. The highest BCUT2D eigenvalue weighted by molar-refractivity contribution is 9.10. The third-order valence-corrected chi connectivity index (χ3v) is 2.91. The van der Waals surface area contributed by atoms with Crippen LogP contribution in [0.5, 0.6) is 5.75 Å². The number of carbonyl (C=O) groups excluding carboxylic acids is 1. The van der Waals surface area contributed by atoms with Crippen molar-refractivity contribution >= 4 is 28.1 Å². The molecule has 5 heteroatoms. The van der Waals surface area contributed by atoms with Crippen LogP contribution < -0.4 is 10.2 Å². The fraction of sp³-hybridized carbons (Fsp3) is 0.385. The van der Waals surface area contributed by atoms with E-state index in [9.17, 15) is 4.79 Å². The summed E-state index contributed by atoms with van der Waals surface area (Å²) in [5.74, 6) is 0.614. The lowest BCUT2D eigenvalue weighted by Crippen LogP contribution is -2.12. The van der Waals surface area contributed by atoms with Crippen molar-refractivity contribution in [3.63, 3.8) is 0 Å². The molecule has 1 aromatic rings. The van der Waals surface area contributed by atoms with Gasteiger partial charge in [-0.1, -0.05) is 6.92 Å². The lowest BCUT2D eigenvalue weighted by atomic mass is 10.2. The molecule has 0 aliphatic heterocycles. The van der Waals surface area contributed by atoms with Gasteiger partial charge in [0, 0.05) is 6.92 Å². The van der Waals surface area contributed by atoms with Crippen molar-refractivity contribution in [3.05, 3.63) is 28.2 Å². The zero-order valence-electron chi connectivity index (χ0n) is 10.7. The summed E-state index contributed by atoms with van der Waals surface area (Å²) < 4.78 is 6.60. The highest BCUT2D eigenvalue weighted by atomic mass is 79.9. The average molecular weight is 313 g/mol. The minimum Gasteiger partial charge on any atom is -0.490 e. The van der Waals surface area contributed by atoms with Gasteiger partial charge in [0.25, 0.3) is 0 Å². The number of hydrogen-bond acceptors (Lipinski definition) is 3. The quantitative estimate of drug-likeness (QED) is 0.671. The molecule has 1 N–H and O–H groups in total. The van der Waals surface area contributed by atoms with Gasteiger partial charge >= 0.3 is 0 Å². The van der Waals surface area contributed by atoms with Crippen LogP contribution in [0, 0.1) is 0 Å². The van der Waals surface area contributed by atoms with Crippen LogP contribution in [0.3, 0.4) is 0 Å². The Bertz CT molecular complexity index is 447. The summed E-state index contributed by atoms with van der Waals surface area (Å²) in [6, 6.07) is 5.65. The molecule has 98 valence electrons. The van der Waals surface area contributed by atoms with Crippen molar-refractivity contribution in [1.29, 1.82) is 0 Å². The maximum Gasteiger partial charge on any atom is 0.236 e. The van der Waals surface area contributed by atoms with Gasteiger partial charge in [-0.3, -0.25) is 4.79 Å². The molecule has 0 saturated heterocycles. The van der Waals surface area contributed by atoms with E-state index >= 15 is 0 Å². The lowest BCUT2D eigenvalue weighted by Gasteiger charge is -2.14. The number of carbonyl (C=O) groups is 1. The number of benzene rings is 1. The van der Waals surface area contributed by atoms with Gasteiger partial charge in [0.1, 0.15) is 5.75 Å². The van der Waals surface area contributed by atoms with Crippen molar-refractivity contribution in [2.45, 2.75) is 33.3 Å². The molecule has 1 aromatic carbocycles. The molecular formula is C13H17BrN2O2. The standard InChI is InChI=1S/C13H17BrN2O2/c1-4-9(2)18-13-6-5-11(7-12(13)14)8-15-16-10(3)17/h5-9H,4H2,1-3H3,(H,16,17)/b15-8-/t9-/m1/s1. The van der Waals surface area contributed by atoms with E-state index in [1.165, 1.54) is 6.92 Å². The second kappa shape index (κ2) is 7.16. The van der Waals surface area contributed by atoms with Crippen LogP contribution >= 0.6 is 15.9 Å². The summed E-state index contributed by atoms with van der Waals surface area (Å²) in [4.78, 5) is 10.7. The van der Waals surface area contributed by atoms with Crippen molar-refractivity contribution in [1.82, 2.24) is 5.43 Å². The topological polar surface area (TPSA) is 50.7 Å². The van der Waals surface area contributed by atoms with Crippen molar-refractivity contribution in [2.24, 2.45) is 5.10 Å². The molecule has 1 amide bonds. The van der Waals surface area contributed by atoms with Gasteiger partial charge in [-0.2, -0.15) is 5.10 Å². The van der Waals surface area contributed by atoms with Crippen molar-refractivity contribution < 1.29 is 9.53 Å². The van der Waals surface area contributed by atoms with Gasteiger partial charge in [-0.15, -0.1) is 0 Å². The molecular weight excluding hydrogens is 296 g/mol. The second-order valence-electron chi connectivity index (χ2n) is 3.95. The number of nitrogens with one attached hydrogen (secondary N) is 1. The molecule has 4 nitrogen and oxygen atoms in total. The fourth-order valence-corrected chi connectivity index (χ4v) is 1.68. The number of rotatable bonds is 5. The molecule has 0 aromatic heterocycles. The van der Waals surface area contributed by atoms with Crippen LogP contribution in [0.15, 0.2) is 27.8 Å². The Balaban J connectivity index is 2.73. The fourth-order valence-electron chi connectivity index (χ4n) is 1.19. The maximum atomic E-state index is 10.7. The van der Waals surface area contributed by atoms with E-state index in [-0.39, 0.29) is 12.0 Å². The number of nitrogens with zero attached hydrogens (tertiary/aromatic N) is 1. The Morgan fingerprint density at radius 2 is 2.33 bits per heavy atom. The molecule has 18 heavy (non-hydrogen) atoms. The largest absolute Gasteiger partial charge is 0.490 e. The molecule has 1 atom stereocenters. The predicted molar refractivity (Wildman–Crippen MR) is 75.9 cm³/mol. The summed E-state index contributed by atoms with van der Waals surface area (Å²) in [5.41, 5.74) is 3.23. The van der Waals surface area contributed by atoms with Gasteiger partial charge in [-0.25, -0.2) is 5.43 Å². The SMILES string of the molecule is CC[C@@H](C)Oc1ccc(/C=N\NC(C)=O)cc1Br. The minimum absolute atomic E-state index is 0.181. The number of halogens is 1. The molecule has 0 fully saturated rings. The van der Waals surface area contributed by atoms with Crippen LogP contribution in [-0.2, 0) is 4.79 Å². The molecule has 0 saturated carbocycles. The molecule has 0 bridgehead atoms. The van der Waals surface area contributed by atoms with Gasteiger partial charge in [-0.05, 0) is 53.0 Å². The highest BCUT2D eigenvalue weighted by Gasteiger charge is 2.05. The normalized spacial score (nSPS) is 12.4. The molecule has 0 aliphatic rings. The van der Waals surface area contributed by atoms with E-state index < -0.39 is 0 Å². The first kappa shape index (κ1) is 14.7. The van der Waals surface area contributed by atoms with Crippen LogP contribution in [0.4, 0.5) is 0 Å². The Hall–Kier alpha value is -1.36. The Morgan fingerprint density at radius 3 is 2.89 bits per heavy atom. The summed E-state index contributed by atoms with van der Waals surface area (Å²) >= 11 is 3.45. The molecule has 1 rings (SSSR count). The van der Waals surface area contributed by atoms with E-state index in [1.54, 1.807) is 6.21 Å². The molecule has 0 radical (unpaired) electrons. The van der Waals surface area contributed by atoms with Crippen LogP contribution in [0.2, 0.25) is 0 Å². The number of hydrazone groups is 1. The number of amides is 1. The van der Waals surface area contributed by atoms with E-state index in [1.807, 2.05) is 25.1 Å². The van der Waals surface area contributed by atoms with Crippen LogP contribution in [0.1, 0.15) is 32.8 Å². The zero-order valence-corrected chi connectivity index (χ0v) is 12.3. The Morgan fingerprint density at radius 1 is 1.61 bits per heavy atom. The summed E-state index contributed by atoms with van der Waals surface area (Å²) in [6.45, 7) is 5.52. The van der Waals surface area contributed by atoms with Gasteiger partial charge in [0.15, 0.2) is 0 Å². The first-order valence-electron chi connectivity index (χ1n) is 5.78. The summed E-state index contributed by atoms with van der Waals surface area (Å²) in [5, 5.41) is 3.80. The summed E-state index contributed by atoms with van der Waals surface area (Å²) in [6.07, 6.45) is 2.72. The van der Waals surface area contributed by atoms with Gasteiger partial charge in [0.05, 0.1) is 16.8 Å². The maximum absolute atomic E-state index is 10.7. The van der Waals surface area contributed by atoms with Crippen molar-refractivity contribution in [2.75, 3.05) is 0 Å². The highest BCUT2D eigenvalue weighted by Crippen LogP contribution is 2.26. The van der Waals surface area contributed by atoms with Gasteiger partial charge in [0.2, 0.25) is 5.91 Å². The summed E-state index contributed by atoms with van der Waals surface area (Å²) in [7, 11) is 0. The molecule has 0 aliphatic carbocycles. The molecule has 0 unspecified atom stereocenters. The Kier molecular flexibility index (Phi) is 5.85. The third kappa shape index (κ3) is 4.87. The van der Waals surface area contributed by atoms with E-state index in [4.69, 9.17) is 4.74 Å². The molecule has 0 spiro atoms. The first-order valence-corrected chi connectivity index (χ1v) is 6.58. The first-order chi connectivity index (χ1) is 8.52. The Labute approximate surface area is 116 Å². The van der Waals surface area contributed by atoms with E-state index in [0.717, 1.165) is 22.2 Å². The lowest BCUT2D eigenvalue weighted by molar-refractivity contribution is -0.118. The number of hydrogen-bond donors (Lipinski definition) is 1. The predicted octanol–water partition coefficient (Wildman–Crippen LogP) is 3.10. The number of ether oxygens (including phenoxy) is 1. The van der Waals surface area contributed by atoms with Crippen LogP contribution in [-0.4, -0.2) is 18.2 Å². The zero-order chi connectivity index (χ0) is 13.5. The van der Waals surface area contributed by atoms with E-state index in [2.05, 4.69) is 33.4 Å². The monoisotopic (exact) mass is 312 g/mol. The van der Waals surface area contributed by atoms with Gasteiger partial charge < -0.3 is 4.74 Å². The third-order valence-electron chi connectivity index (χ3n) is 2.29. The van der Waals surface area contributed by atoms with Crippen molar-refractivity contribution in [3.8, 4) is 5.75 Å². The van der Waals surface area contributed by atoms with Crippen LogP contribution in [0.25, 0.3) is 0 Å².